The molecule has 5 saturated heterocycles. The van der Waals surface area contributed by atoms with Gasteiger partial charge in [0, 0.05) is 333 Å². The Kier molecular flexibility index (Phi) is 43.0. The van der Waals surface area contributed by atoms with Gasteiger partial charge < -0.3 is 28.7 Å². The van der Waals surface area contributed by atoms with Crippen molar-refractivity contribution in [3.63, 3.8) is 0 Å². The molecule has 17 rings (SSSR count). The summed E-state index contributed by atoms with van der Waals surface area (Å²) in [5.41, 5.74) is 11.2. The van der Waals surface area contributed by atoms with Crippen molar-refractivity contribution in [2.75, 3.05) is 223 Å². The molecule has 5 fully saturated rings. The molecule has 5 aliphatic heterocycles. The predicted octanol–water partition coefficient (Wildman–Crippen LogP) is 10.7. The van der Waals surface area contributed by atoms with Crippen molar-refractivity contribution in [2.45, 2.75) is 168 Å². The minimum atomic E-state index is 0.0659. The molecule has 0 N–H and O–H groups in total. The average molecular weight is 1940 g/mol. The number of carbonyl (C=O) groups is 2. The highest BCUT2D eigenvalue weighted by atomic mass is 16.2. The van der Waals surface area contributed by atoms with E-state index in [9.17, 15) is 9.59 Å². The van der Waals surface area contributed by atoms with E-state index in [1.165, 1.54) is 27.5 Å². The van der Waals surface area contributed by atoms with Crippen LogP contribution < -0.4 is 0 Å². The third-order valence-corrected chi connectivity index (χ3v) is 28.2. The highest BCUT2D eigenvalue weighted by molar-refractivity contribution is 5.80. The molecule has 34 heteroatoms. The largest absolute Gasteiger partial charge is 0.337 e. The lowest BCUT2D eigenvalue weighted by atomic mass is 10.2. The summed E-state index contributed by atoms with van der Waals surface area (Å²) in [6.07, 6.45) is 15.6. The normalized spacial score (nSPS) is 18.0. The number of benzene rings is 3. The molecule has 2 amide bonds. The van der Waals surface area contributed by atoms with Crippen molar-refractivity contribution in [2.24, 2.45) is 14.1 Å². The van der Waals surface area contributed by atoms with Crippen LogP contribution in [0.5, 0.6) is 0 Å². The molecular weight excluding hydrogens is 1780 g/mol. The van der Waals surface area contributed by atoms with Crippen molar-refractivity contribution in [1.29, 1.82) is 0 Å². The number of hydrazine groups is 2. The molecule has 3 aromatic carbocycles. The van der Waals surface area contributed by atoms with Crippen LogP contribution in [0.25, 0.3) is 32.7 Å². The minimum absolute atomic E-state index is 0.0659. The number of nitrogens with zero attached hydrogens (tertiary/aromatic N) is 32. The van der Waals surface area contributed by atoms with E-state index in [1.807, 2.05) is 109 Å². The molecule has 770 valence electrons. The molecule has 0 saturated carbocycles. The first kappa shape index (κ1) is 109. The maximum atomic E-state index is 12.1. The summed E-state index contributed by atoms with van der Waals surface area (Å²) in [5, 5.41) is 29.6. The summed E-state index contributed by atoms with van der Waals surface area (Å²) in [5.74, 6) is 2.41. The van der Waals surface area contributed by atoms with Gasteiger partial charge >= 0.3 is 0 Å². The van der Waals surface area contributed by atoms with Gasteiger partial charge in [-0.25, -0.2) is 20.0 Å². The molecule has 5 aliphatic rings. The van der Waals surface area contributed by atoms with Gasteiger partial charge in [0.15, 0.2) is 0 Å². The number of likely N-dealkylation sites (N-methyl/N-ethyl adjacent to an activating group) is 4. The zero-order chi connectivity index (χ0) is 100. The highest BCUT2D eigenvalue weighted by Crippen LogP contribution is 2.22. The maximum Gasteiger partial charge on any atom is 0.233 e. The molecule has 0 aliphatic carbocycles. The lowest BCUT2D eigenvalue weighted by molar-refractivity contribution is -0.159. The Balaban J connectivity index is 0.000000153. The number of amides is 2. The Morgan fingerprint density at radius 1 is 0.310 bits per heavy atom. The van der Waals surface area contributed by atoms with E-state index in [0.29, 0.717) is 0 Å². The lowest BCUT2D eigenvalue weighted by Gasteiger charge is -2.40. The second-order valence-electron chi connectivity index (χ2n) is 39.3. The van der Waals surface area contributed by atoms with Gasteiger partial charge in [-0.15, -0.1) is 0 Å². The van der Waals surface area contributed by atoms with Gasteiger partial charge in [0.05, 0.1) is 84.8 Å². The van der Waals surface area contributed by atoms with Crippen molar-refractivity contribution in [3.05, 3.63) is 235 Å². The van der Waals surface area contributed by atoms with Crippen LogP contribution in [-0.4, -0.2) is 403 Å². The predicted molar refractivity (Wildman–Crippen MR) is 569 cm³/mol. The number of rotatable bonds is 26. The van der Waals surface area contributed by atoms with E-state index in [2.05, 4.69) is 313 Å². The number of para-hydroxylation sites is 3. The lowest BCUT2D eigenvalue weighted by Crippen LogP contribution is -2.55. The zero-order valence-corrected chi connectivity index (χ0v) is 88.5. The molecule has 0 radical (unpaired) electrons. The summed E-state index contributed by atoms with van der Waals surface area (Å²) in [4.78, 5) is 81.0. The van der Waals surface area contributed by atoms with Crippen molar-refractivity contribution in [3.8, 4) is 0 Å². The third kappa shape index (κ3) is 34.1. The average Bonchev–Trinajstić information content (AvgIpc) is 1.20. The summed E-state index contributed by atoms with van der Waals surface area (Å²) in [7, 11) is 4.15. The monoisotopic (exact) mass is 1940 g/mol. The fourth-order valence-electron chi connectivity index (χ4n) is 19.6. The molecule has 9 aromatic heterocycles. The van der Waals surface area contributed by atoms with Gasteiger partial charge in [-0.05, 0) is 142 Å². The summed E-state index contributed by atoms with van der Waals surface area (Å²) in [6.45, 7) is 71.3. The van der Waals surface area contributed by atoms with E-state index >= 15 is 0 Å². The Labute approximate surface area is 845 Å². The van der Waals surface area contributed by atoms with Crippen molar-refractivity contribution >= 4 is 44.5 Å². The topological polar surface area (TPSA) is 235 Å². The highest BCUT2D eigenvalue weighted by Gasteiger charge is 2.30. The fourth-order valence-corrected chi connectivity index (χ4v) is 19.6. The number of imidazole rings is 2. The van der Waals surface area contributed by atoms with Crippen LogP contribution >= 0.6 is 0 Å². The van der Waals surface area contributed by atoms with Gasteiger partial charge in [-0.2, -0.15) is 20.4 Å². The van der Waals surface area contributed by atoms with Gasteiger partial charge in [-0.1, -0.05) is 100 Å². The molecule has 14 heterocycles. The second-order valence-corrected chi connectivity index (χ2v) is 39.3. The van der Waals surface area contributed by atoms with Crippen LogP contribution in [0.2, 0.25) is 0 Å². The van der Waals surface area contributed by atoms with E-state index in [1.54, 1.807) is 13.8 Å². The quantitative estimate of drug-likeness (QED) is 0.0490. The summed E-state index contributed by atoms with van der Waals surface area (Å²) in [6, 6.07) is 46.8. The SMILES string of the molecule is CCN1CCN(Cc2nccn2C)CCN(Cc2nccn2C)CC1.CCN1CCN(Cn2cccn2)CCN(Cn2cccn2)CC1.CCN1CCN(Cn2nc(C)cc2C)CCN(Cn2nc(C)cc2C)CC1.CCN1CCN(N(C(C)=O)C(C)C)CCN(N(C(C)=O)C(C)C)CC1.c1ccc2nc(CN3CCN(Cc4ccc5ccccc5n4)CCN(Cc4ccc5ccccc5n4)CC3)ccc2c1. The van der Waals surface area contributed by atoms with Gasteiger partial charge in [0.1, 0.15) is 11.6 Å². The number of aryl methyl sites for hydroxylation is 6. The standard InChI is InChI=1S/C36H36N6.C20H35N7.C18H31N7.C18H37N5O2.C16H27N7/c1-4-10-34-28(7-1)13-16-31(37-34)25-40-19-21-41(26-32-17-14-29-8-2-5-11-35(29)38-32)23-24-42(22-20-40)27-33-18-15-30-9-3-6-12-36(30)39-33;1-6-23-7-9-24(15-26-19(4)13-17(2)21-26)11-12-25(10-8-23)16-27-20(5)14-18(3)22-27;1-4-23-9-11-24(15-17-19-5-7-21(17)2)13-14-25(12-10-23)16-18-20-6-8-22(18)3;1-8-19-9-11-20(22(15(2)3)17(6)24)13-14-21(12-10-19)23(16(4)5)18(7)25;1-2-19-9-11-20(15-22-7-3-5-17-22)13-14-21(12-10-19)16-23-8-4-6-18-23/h1-18H,19-27H2;13-14H,6-12,15-16H2,1-5H3;5-8H,4,9-16H2,1-3H3;15-16H,8-14H2,1-7H3;3-8H,2,9-16H2,1H3. The van der Waals surface area contributed by atoms with Crippen molar-refractivity contribution < 1.29 is 9.59 Å². The third-order valence-electron chi connectivity index (χ3n) is 28.2. The smallest absolute Gasteiger partial charge is 0.233 e. The van der Waals surface area contributed by atoms with Crippen LogP contribution in [0.4, 0.5) is 0 Å². The van der Waals surface area contributed by atoms with Gasteiger partial charge in [-0.3, -0.25) is 97.4 Å². The summed E-state index contributed by atoms with van der Waals surface area (Å²) < 4.78 is 12.5. The van der Waals surface area contributed by atoms with E-state index in [-0.39, 0.29) is 23.9 Å². The molecule has 0 unspecified atom stereocenters. The van der Waals surface area contributed by atoms with Crippen LogP contribution in [0.3, 0.4) is 0 Å². The number of fused-ring (bicyclic) bond motifs is 3. The Bertz CT molecular complexity index is 5250. The zero-order valence-electron chi connectivity index (χ0n) is 88.5. The molecule has 0 spiro atoms. The number of pyridine rings is 3. The molecular formula is C108H166N32O2. The van der Waals surface area contributed by atoms with E-state index in [4.69, 9.17) is 15.0 Å². The number of carbonyl (C=O) groups excluding carboxylic acids is 2. The molecule has 142 heavy (non-hydrogen) atoms. The van der Waals surface area contributed by atoms with Crippen LogP contribution in [0.1, 0.15) is 121 Å². The number of hydrogen-bond donors (Lipinski definition) is 0. The van der Waals surface area contributed by atoms with Crippen LogP contribution in [0.15, 0.2) is 183 Å². The first-order chi connectivity index (χ1) is 68.9. The fraction of sp³-hybridized carbons (Fsp3) is 0.565. The molecule has 12 aromatic rings. The van der Waals surface area contributed by atoms with Crippen LogP contribution in [0, 0.1) is 27.7 Å². The molecule has 0 atom stereocenters. The Morgan fingerprint density at radius 3 is 0.831 bits per heavy atom. The van der Waals surface area contributed by atoms with Gasteiger partial charge in [0.25, 0.3) is 0 Å². The Morgan fingerprint density at radius 2 is 0.577 bits per heavy atom. The van der Waals surface area contributed by atoms with E-state index < -0.39 is 0 Å². The second kappa shape index (κ2) is 56.1. The molecule has 0 bridgehead atoms. The first-order valence-electron chi connectivity index (χ1n) is 52.3. The molecule has 34 nitrogen and oxygen atoms in total. The first-order valence-corrected chi connectivity index (χ1v) is 52.3. The van der Waals surface area contributed by atoms with Crippen LogP contribution in [-0.2, 0) is 83.1 Å². The minimum Gasteiger partial charge on any atom is -0.337 e. The van der Waals surface area contributed by atoms with E-state index in [0.717, 1.165) is 339 Å². The Hall–Kier alpha value is -10.5. The van der Waals surface area contributed by atoms with Gasteiger partial charge in [0.2, 0.25) is 11.8 Å². The maximum absolute atomic E-state index is 12.1. The van der Waals surface area contributed by atoms with Crippen molar-refractivity contribution in [1.82, 2.24) is 157 Å². The number of hydrogen-bond acceptors (Lipinski definition) is 26. The summed E-state index contributed by atoms with van der Waals surface area (Å²) >= 11 is 0. The number of aromatic nitrogens is 15.